The van der Waals surface area contributed by atoms with Crippen LogP contribution in [0, 0.1) is 0 Å². The van der Waals surface area contributed by atoms with Crippen LogP contribution in [-0.4, -0.2) is 29.9 Å². The lowest BCUT2D eigenvalue weighted by Crippen LogP contribution is -2.33. The Balaban J connectivity index is 1.40. The third kappa shape index (κ3) is 6.22. The first-order chi connectivity index (χ1) is 20.0. The highest BCUT2D eigenvalue weighted by atomic mass is 127. The Morgan fingerprint density at radius 2 is 1.49 bits per heavy atom. The molecule has 0 fully saturated rings. The summed E-state index contributed by atoms with van der Waals surface area (Å²) in [6.45, 7) is 3.02. The Morgan fingerprint density at radius 1 is 0.854 bits per heavy atom. The molecule has 1 heterocycles. The summed E-state index contributed by atoms with van der Waals surface area (Å²) in [5.41, 5.74) is 14.9. The maximum atomic E-state index is 12.6. The second-order valence-electron chi connectivity index (χ2n) is 9.55. The van der Waals surface area contributed by atoms with Crippen molar-refractivity contribution in [3.05, 3.63) is 130 Å². The molecular formula is C33H31IN3O3P. The fourth-order valence-electron chi connectivity index (χ4n) is 5.19. The number of imide groups is 1. The summed E-state index contributed by atoms with van der Waals surface area (Å²) in [5, 5.41) is 3.42. The minimum Gasteiger partial charge on any atom is -0.492 e. The van der Waals surface area contributed by atoms with E-state index in [1.807, 2.05) is 18.2 Å². The number of rotatable bonds is 11. The number of carbonyl (C=O) groups is 2. The van der Waals surface area contributed by atoms with Crippen molar-refractivity contribution >= 4 is 57.1 Å². The molecule has 0 radical (unpaired) electrons. The predicted molar refractivity (Wildman–Crippen MR) is 177 cm³/mol. The van der Waals surface area contributed by atoms with Crippen molar-refractivity contribution in [2.45, 2.75) is 19.9 Å². The van der Waals surface area contributed by atoms with Crippen molar-refractivity contribution in [3.63, 3.8) is 0 Å². The lowest BCUT2D eigenvalue weighted by molar-refractivity contribution is 0.0631. The van der Waals surface area contributed by atoms with Crippen LogP contribution in [0.5, 0.6) is 5.75 Å². The van der Waals surface area contributed by atoms with E-state index in [0.29, 0.717) is 29.8 Å². The second kappa shape index (κ2) is 13.4. The first kappa shape index (κ1) is 29.0. The molecule has 5 rings (SSSR count). The van der Waals surface area contributed by atoms with Crippen LogP contribution in [0.4, 0.5) is 5.69 Å². The van der Waals surface area contributed by atoms with Gasteiger partial charge in [-0.15, -0.1) is 0 Å². The highest BCUT2D eigenvalue weighted by Crippen LogP contribution is 2.37. The lowest BCUT2D eigenvalue weighted by Gasteiger charge is -2.19. The first-order valence-electron chi connectivity index (χ1n) is 13.5. The molecule has 1 aliphatic heterocycles. The molecule has 0 saturated carbocycles. The molecule has 1 aliphatic rings. The quantitative estimate of drug-likeness (QED) is 0.0743. The Morgan fingerprint density at radius 3 is 2.10 bits per heavy atom. The van der Waals surface area contributed by atoms with Gasteiger partial charge in [0, 0.05) is 18.6 Å². The summed E-state index contributed by atoms with van der Waals surface area (Å²) in [4.78, 5) is 26.5. The number of fused-ring (bicyclic) bond motifs is 1. The molecule has 0 aromatic heterocycles. The Hall–Kier alpha value is -3.52. The van der Waals surface area contributed by atoms with E-state index in [4.69, 9.17) is 10.5 Å². The third-order valence-electron chi connectivity index (χ3n) is 7.18. The van der Waals surface area contributed by atoms with Gasteiger partial charge in [0.1, 0.15) is 12.4 Å². The van der Waals surface area contributed by atoms with E-state index >= 15 is 0 Å². The van der Waals surface area contributed by atoms with Gasteiger partial charge in [0.2, 0.25) is 0 Å². The zero-order valence-electron chi connectivity index (χ0n) is 22.7. The van der Waals surface area contributed by atoms with E-state index < -0.39 is 0 Å². The number of nitrogens with two attached hydrogens (primary N) is 1. The molecule has 8 heteroatoms. The van der Waals surface area contributed by atoms with Gasteiger partial charge in [-0.2, -0.15) is 0 Å². The van der Waals surface area contributed by atoms with Gasteiger partial charge in [-0.25, -0.2) is 0 Å². The van der Waals surface area contributed by atoms with Crippen LogP contribution >= 0.6 is 28.4 Å². The molecule has 208 valence electrons. The molecule has 4 aromatic carbocycles. The normalized spacial score (nSPS) is 13.5. The highest BCUT2D eigenvalue weighted by molar-refractivity contribution is 14.2. The van der Waals surface area contributed by atoms with E-state index in [9.17, 15) is 9.59 Å². The van der Waals surface area contributed by atoms with E-state index in [0.717, 1.165) is 34.4 Å². The Labute approximate surface area is 255 Å². The van der Waals surface area contributed by atoms with Gasteiger partial charge in [0.25, 0.3) is 11.8 Å². The van der Waals surface area contributed by atoms with Gasteiger partial charge in [0.15, 0.2) is 0 Å². The van der Waals surface area contributed by atoms with Crippen molar-refractivity contribution in [2.75, 3.05) is 18.2 Å². The monoisotopic (exact) mass is 675 g/mol. The van der Waals surface area contributed by atoms with Crippen molar-refractivity contribution in [1.82, 2.24) is 4.90 Å². The van der Waals surface area contributed by atoms with E-state index in [1.165, 1.54) is 16.0 Å². The molecule has 2 amide bonds. The number of anilines is 1. The van der Waals surface area contributed by atoms with Crippen molar-refractivity contribution in [1.29, 1.82) is 0 Å². The number of benzene rings is 4. The fraction of sp³-hybridized carbons (Fsp3) is 0.152. The molecule has 1 atom stereocenters. The number of nitrogens with zero attached hydrogens (tertiary/aromatic N) is 1. The van der Waals surface area contributed by atoms with Crippen LogP contribution < -0.4 is 15.6 Å². The second-order valence-corrected chi connectivity index (χ2v) is 11.6. The van der Waals surface area contributed by atoms with Gasteiger partial charge < -0.3 is 15.6 Å². The summed E-state index contributed by atoms with van der Waals surface area (Å²) in [6, 6.07) is 31.8. The third-order valence-corrected chi connectivity index (χ3v) is 8.35. The van der Waals surface area contributed by atoms with Crippen molar-refractivity contribution < 1.29 is 14.3 Å². The molecule has 0 spiro atoms. The van der Waals surface area contributed by atoms with Gasteiger partial charge in [-0.1, -0.05) is 67.6 Å². The number of hydrogen-bond donors (Lipinski definition) is 2. The average molecular weight is 676 g/mol. The number of hydrogen-bond acceptors (Lipinski definition) is 5. The summed E-state index contributed by atoms with van der Waals surface area (Å²) < 4.78 is 5.97. The number of nitrogens with one attached hydrogen (secondary N) is 1. The van der Waals surface area contributed by atoms with Gasteiger partial charge in [-0.3, -0.25) is 14.5 Å². The van der Waals surface area contributed by atoms with E-state index in [2.05, 4.69) is 88.6 Å². The van der Waals surface area contributed by atoms with Crippen LogP contribution in [0.2, 0.25) is 0 Å². The van der Waals surface area contributed by atoms with Gasteiger partial charge in [-0.05, 0) is 98.3 Å². The lowest BCUT2D eigenvalue weighted by atomic mass is 9.87. The largest absolute Gasteiger partial charge is 0.492 e. The molecule has 0 bridgehead atoms. The SMILES string of the molecule is CC/C(=C(/c1ccc(OCCN2C(=O)c3ccccc3C2=O)cc1)c1ccc(NPI)c(CN)c1)c1ccccc1. The van der Waals surface area contributed by atoms with Crippen molar-refractivity contribution in [3.8, 4) is 5.75 Å². The maximum absolute atomic E-state index is 12.6. The minimum absolute atomic E-state index is 0.188. The van der Waals surface area contributed by atoms with Crippen LogP contribution in [0.15, 0.2) is 97.1 Å². The first-order valence-corrected chi connectivity index (χ1v) is 17.6. The van der Waals surface area contributed by atoms with Crippen LogP contribution in [0.3, 0.4) is 0 Å². The summed E-state index contributed by atoms with van der Waals surface area (Å²) in [7, 11) is 0. The van der Waals surface area contributed by atoms with Gasteiger partial charge in [0.05, 0.1) is 17.7 Å². The zero-order chi connectivity index (χ0) is 28.8. The van der Waals surface area contributed by atoms with Gasteiger partial charge >= 0.3 is 0 Å². The zero-order valence-corrected chi connectivity index (χ0v) is 25.9. The predicted octanol–water partition coefficient (Wildman–Crippen LogP) is 7.54. The van der Waals surface area contributed by atoms with Crippen LogP contribution in [0.1, 0.15) is 56.3 Å². The molecule has 3 N–H and O–H groups in total. The van der Waals surface area contributed by atoms with Crippen LogP contribution in [0.25, 0.3) is 11.1 Å². The van der Waals surface area contributed by atoms with Crippen molar-refractivity contribution in [2.24, 2.45) is 5.73 Å². The summed E-state index contributed by atoms with van der Waals surface area (Å²) >= 11 is 2.32. The smallest absolute Gasteiger partial charge is 0.261 e. The Kier molecular flexibility index (Phi) is 9.49. The average Bonchev–Trinajstić information content (AvgIpc) is 3.26. The van der Waals surface area contributed by atoms with E-state index in [1.54, 1.807) is 24.3 Å². The molecule has 1 unspecified atom stereocenters. The summed E-state index contributed by atoms with van der Waals surface area (Å²) in [5.74, 6) is 0.126. The Bertz CT molecular complexity index is 1550. The highest BCUT2D eigenvalue weighted by Gasteiger charge is 2.34. The number of amides is 2. The number of allylic oxidation sites excluding steroid dienone is 1. The fourth-order valence-corrected chi connectivity index (χ4v) is 6.40. The molecule has 4 aromatic rings. The molecular weight excluding hydrogens is 644 g/mol. The minimum atomic E-state index is -0.274. The number of ether oxygens (including phenoxy) is 1. The summed E-state index contributed by atoms with van der Waals surface area (Å²) in [6.07, 6.45) is 1.41. The van der Waals surface area contributed by atoms with E-state index in [-0.39, 0.29) is 25.0 Å². The number of carbonyl (C=O) groups excluding carboxylic acids is 2. The molecule has 0 saturated heterocycles. The molecule has 6 nitrogen and oxygen atoms in total. The maximum Gasteiger partial charge on any atom is 0.261 e. The van der Waals surface area contributed by atoms with Crippen LogP contribution in [-0.2, 0) is 6.54 Å². The molecule has 41 heavy (non-hydrogen) atoms. The topological polar surface area (TPSA) is 84.7 Å². The number of halogens is 1. The standard InChI is InChI=1S/C33H31IN3O3P/c1-2-27(22-8-4-3-5-9-22)31(24-14-17-30(36-41-34)25(20-24)21-35)23-12-15-26(16-13-23)40-19-18-37-32(38)28-10-6-7-11-29(28)33(37)39/h3-17,20,36,41H,2,18-19,21,35H2,1H3/b31-27+. The molecule has 0 aliphatic carbocycles.